The van der Waals surface area contributed by atoms with Crippen molar-refractivity contribution in [2.24, 2.45) is 0 Å². The molecule has 0 amide bonds. The van der Waals surface area contributed by atoms with Crippen LogP contribution >= 0.6 is 11.6 Å². The second-order valence-electron chi connectivity index (χ2n) is 6.34. The Morgan fingerprint density at radius 3 is 2.54 bits per heavy atom. The summed E-state index contributed by atoms with van der Waals surface area (Å²) in [6.45, 7) is -6.59. The molecule has 1 unspecified atom stereocenters. The normalized spacial score (nSPS) is 32.8. The minimum absolute atomic E-state index is 0.0138. The highest BCUT2D eigenvalue weighted by Gasteiger charge is 2.43. The minimum Gasteiger partial charge on any atom is -0.494 e. The third-order valence-electron chi connectivity index (χ3n) is 4.51. The molecule has 28 heavy (non-hydrogen) atoms. The van der Waals surface area contributed by atoms with Gasteiger partial charge >= 0.3 is 0 Å². The first-order chi connectivity index (χ1) is 16.1. The fourth-order valence-electron chi connectivity index (χ4n) is 3.01. The Balaban J connectivity index is 1.91. The standard InChI is InChI=1S/C21H25ClO6/c1-2-27-15-6-3-12(4-7-15)9-14-10-13(5-8-16(14)22)21-20(26)19(25)18(24)17(11-23)28-21/h3-8,10,17-21,23-26H,2,9,11H2,1H3/t17-,18-,19+,20-,21?/m1/s1/i1D3,2D2,9D2. The van der Waals surface area contributed by atoms with Crippen molar-refractivity contribution in [3.8, 4) is 5.75 Å². The van der Waals surface area contributed by atoms with Crippen LogP contribution in [0.2, 0.25) is 5.02 Å². The van der Waals surface area contributed by atoms with Crippen molar-refractivity contribution in [3.05, 3.63) is 64.2 Å². The second-order valence-corrected chi connectivity index (χ2v) is 6.75. The Morgan fingerprint density at radius 2 is 1.86 bits per heavy atom. The van der Waals surface area contributed by atoms with Crippen LogP contribution in [0, 0.1) is 0 Å². The molecule has 1 saturated heterocycles. The highest BCUT2D eigenvalue weighted by Crippen LogP contribution is 2.34. The van der Waals surface area contributed by atoms with E-state index in [1.165, 1.54) is 42.5 Å². The Morgan fingerprint density at radius 1 is 1.11 bits per heavy atom. The largest absolute Gasteiger partial charge is 0.494 e. The molecular weight excluding hydrogens is 384 g/mol. The summed E-state index contributed by atoms with van der Waals surface area (Å²) in [5.41, 5.74) is 0.322. The van der Waals surface area contributed by atoms with Gasteiger partial charge in [0.1, 0.15) is 36.3 Å². The Bertz CT molecular complexity index is 1030. The summed E-state index contributed by atoms with van der Waals surface area (Å²) in [6.07, 6.45) is -9.24. The van der Waals surface area contributed by atoms with E-state index < -0.39 is 56.9 Å². The van der Waals surface area contributed by atoms with Crippen molar-refractivity contribution in [2.45, 2.75) is 43.7 Å². The predicted molar refractivity (Wildman–Crippen MR) is 105 cm³/mol. The zero-order valence-electron chi connectivity index (χ0n) is 21.6. The molecule has 0 aliphatic carbocycles. The predicted octanol–water partition coefficient (Wildman–Crippen LogP) is 1.84. The van der Waals surface area contributed by atoms with Gasteiger partial charge in [-0.2, -0.15) is 0 Å². The molecule has 7 heteroatoms. The van der Waals surface area contributed by atoms with Gasteiger partial charge in [-0.1, -0.05) is 35.9 Å². The number of halogens is 1. The summed E-state index contributed by atoms with van der Waals surface area (Å²) in [4.78, 5) is 0. The molecule has 5 atom stereocenters. The van der Waals surface area contributed by atoms with Gasteiger partial charge in [0.05, 0.1) is 15.9 Å². The number of aliphatic hydroxyl groups is 4. The summed E-state index contributed by atoms with van der Waals surface area (Å²) >= 11 is 6.27. The summed E-state index contributed by atoms with van der Waals surface area (Å²) in [5, 5.41) is 40.0. The van der Waals surface area contributed by atoms with E-state index in [1.807, 2.05) is 0 Å². The van der Waals surface area contributed by atoms with E-state index in [2.05, 4.69) is 0 Å². The molecule has 0 bridgehead atoms. The topological polar surface area (TPSA) is 99.4 Å². The van der Waals surface area contributed by atoms with Gasteiger partial charge in [0.2, 0.25) is 0 Å². The van der Waals surface area contributed by atoms with Crippen LogP contribution in [-0.4, -0.2) is 58.0 Å². The van der Waals surface area contributed by atoms with Crippen molar-refractivity contribution >= 4 is 11.6 Å². The number of hydrogen-bond acceptors (Lipinski definition) is 6. The Hall–Kier alpha value is -1.67. The van der Waals surface area contributed by atoms with Crippen LogP contribution in [0.1, 0.15) is 39.2 Å². The molecule has 1 aliphatic rings. The molecule has 2 aromatic carbocycles. The fourth-order valence-corrected chi connectivity index (χ4v) is 3.18. The van der Waals surface area contributed by atoms with E-state index in [9.17, 15) is 20.4 Å². The molecule has 3 rings (SSSR count). The van der Waals surface area contributed by atoms with Gasteiger partial charge in [-0.15, -0.1) is 0 Å². The summed E-state index contributed by atoms with van der Waals surface area (Å²) < 4.78 is 64.5. The number of ether oxygens (including phenoxy) is 2. The molecule has 0 saturated carbocycles. The fraction of sp³-hybridized carbons (Fsp3) is 0.429. The van der Waals surface area contributed by atoms with Crippen molar-refractivity contribution in [3.63, 3.8) is 0 Å². The van der Waals surface area contributed by atoms with Gasteiger partial charge in [0.15, 0.2) is 0 Å². The van der Waals surface area contributed by atoms with Gasteiger partial charge in [-0.3, -0.25) is 0 Å². The maximum atomic E-state index is 10.4. The van der Waals surface area contributed by atoms with Crippen LogP contribution in [0.5, 0.6) is 5.75 Å². The Kier molecular flexibility index (Phi) is 4.46. The molecule has 0 spiro atoms. The maximum absolute atomic E-state index is 10.4. The first-order valence-corrected chi connectivity index (χ1v) is 8.88. The summed E-state index contributed by atoms with van der Waals surface area (Å²) in [7, 11) is 0. The van der Waals surface area contributed by atoms with E-state index in [-0.39, 0.29) is 27.5 Å². The number of aliphatic hydroxyl groups excluding tert-OH is 4. The lowest BCUT2D eigenvalue weighted by molar-refractivity contribution is -0.231. The van der Waals surface area contributed by atoms with Crippen molar-refractivity contribution in [1.29, 1.82) is 0 Å². The van der Waals surface area contributed by atoms with E-state index in [0.717, 1.165) is 0 Å². The molecule has 1 aliphatic heterocycles. The van der Waals surface area contributed by atoms with E-state index in [1.54, 1.807) is 0 Å². The molecule has 4 N–H and O–H groups in total. The van der Waals surface area contributed by atoms with Gasteiger partial charge in [-0.05, 0) is 48.1 Å². The smallest absolute Gasteiger partial charge is 0.119 e. The zero-order chi connectivity index (χ0) is 26.3. The third-order valence-corrected chi connectivity index (χ3v) is 4.84. The van der Waals surface area contributed by atoms with Crippen LogP contribution < -0.4 is 4.74 Å². The first-order valence-electron chi connectivity index (χ1n) is 12.0. The Labute approximate surface area is 178 Å². The van der Waals surface area contributed by atoms with Crippen molar-refractivity contribution in [1.82, 2.24) is 0 Å². The molecule has 1 heterocycles. The third kappa shape index (κ3) is 4.49. The first kappa shape index (κ1) is 13.5. The van der Waals surface area contributed by atoms with E-state index >= 15 is 0 Å². The average Bonchev–Trinajstić information content (AvgIpc) is 2.77. The number of hydrogen-bond donors (Lipinski definition) is 4. The van der Waals surface area contributed by atoms with Crippen LogP contribution in [-0.2, 0) is 11.1 Å². The monoisotopic (exact) mass is 415 g/mol. The van der Waals surface area contributed by atoms with Gasteiger partial charge in [0, 0.05) is 11.9 Å². The highest BCUT2D eigenvalue weighted by molar-refractivity contribution is 6.31. The number of benzene rings is 2. The van der Waals surface area contributed by atoms with E-state index in [0.29, 0.717) is 0 Å². The lowest BCUT2D eigenvalue weighted by atomic mass is 9.90. The summed E-state index contributed by atoms with van der Waals surface area (Å²) in [5.74, 6) is -0.119. The van der Waals surface area contributed by atoms with Crippen LogP contribution in [0.15, 0.2) is 42.5 Å². The molecule has 2 aromatic rings. The minimum atomic E-state index is -3.03. The molecular formula is C21H25ClO6. The lowest BCUT2D eigenvalue weighted by Gasteiger charge is -2.40. The van der Waals surface area contributed by atoms with Crippen LogP contribution in [0.3, 0.4) is 0 Å². The van der Waals surface area contributed by atoms with Crippen LogP contribution in [0.25, 0.3) is 0 Å². The summed E-state index contributed by atoms with van der Waals surface area (Å²) in [6, 6.07) is 9.23. The van der Waals surface area contributed by atoms with Gasteiger partial charge in [0.25, 0.3) is 0 Å². The zero-order valence-corrected chi connectivity index (χ0v) is 15.4. The highest BCUT2D eigenvalue weighted by atomic mass is 35.5. The van der Waals surface area contributed by atoms with Crippen LogP contribution in [0.4, 0.5) is 0 Å². The van der Waals surface area contributed by atoms with Gasteiger partial charge < -0.3 is 29.9 Å². The number of rotatable bonds is 6. The molecule has 0 aromatic heterocycles. The molecule has 6 nitrogen and oxygen atoms in total. The van der Waals surface area contributed by atoms with Gasteiger partial charge in [-0.25, -0.2) is 0 Å². The van der Waals surface area contributed by atoms with Crippen molar-refractivity contribution in [2.75, 3.05) is 13.2 Å². The molecule has 152 valence electrons. The lowest BCUT2D eigenvalue weighted by Crippen LogP contribution is -2.55. The van der Waals surface area contributed by atoms with Crippen molar-refractivity contribution < 1.29 is 39.5 Å². The maximum Gasteiger partial charge on any atom is 0.119 e. The second kappa shape index (κ2) is 9.22. The van der Waals surface area contributed by atoms with E-state index in [4.69, 9.17) is 30.7 Å². The molecule has 0 radical (unpaired) electrons. The SMILES string of the molecule is [2H]C([2H])(c1ccc(OC([2H])([2H])C([2H])([2H])[2H])cc1)c1cc(C2O[C@H](CO)[C@@H](O)[C@H](O)[C@H]2O)ccc1Cl. The molecule has 1 fully saturated rings. The quantitative estimate of drug-likeness (QED) is 0.574. The average molecular weight is 416 g/mol.